The van der Waals surface area contributed by atoms with E-state index >= 15 is 0 Å². The number of hydrogen-bond donors (Lipinski definition) is 0. The summed E-state index contributed by atoms with van der Waals surface area (Å²) in [5.41, 5.74) is 0. The third-order valence-electron chi connectivity index (χ3n) is 5.23. The van der Waals surface area contributed by atoms with Crippen LogP contribution in [0.25, 0.3) is 21.5 Å². The van der Waals surface area contributed by atoms with E-state index in [0.29, 0.717) is 0 Å². The molecule has 0 amide bonds. The first-order chi connectivity index (χ1) is 14.4. The smallest absolute Gasteiger partial charge is 0.174 e. The van der Waals surface area contributed by atoms with Gasteiger partial charge in [0.25, 0.3) is 0 Å². The highest BCUT2D eigenvalue weighted by Crippen LogP contribution is 2.40. The van der Waals surface area contributed by atoms with Crippen molar-refractivity contribution in [2.45, 2.75) is 14.7 Å². The maximum atomic E-state index is 5.65. The van der Waals surface area contributed by atoms with E-state index in [1.54, 1.807) is 7.11 Å². The zero-order valence-corrected chi connectivity index (χ0v) is 17.0. The minimum Gasteiger partial charge on any atom is -0.496 e. The summed E-state index contributed by atoms with van der Waals surface area (Å²) < 4.78 is 5.65. The molecule has 1 atom stereocenters. The summed E-state index contributed by atoms with van der Waals surface area (Å²) in [6, 6.07) is 39.0. The van der Waals surface area contributed by atoms with Crippen molar-refractivity contribution in [1.29, 1.82) is 0 Å². The Morgan fingerprint density at radius 2 is 1.14 bits per heavy atom. The van der Waals surface area contributed by atoms with Gasteiger partial charge in [-0.25, -0.2) is 0 Å². The molecule has 5 aromatic rings. The van der Waals surface area contributed by atoms with Gasteiger partial charge in [-0.05, 0) is 47.9 Å². The summed E-state index contributed by atoms with van der Waals surface area (Å²) in [6.07, 6.45) is 0. The normalized spacial score (nSPS) is 12.2. The van der Waals surface area contributed by atoms with Crippen LogP contribution in [0.15, 0.2) is 124 Å². The van der Waals surface area contributed by atoms with Gasteiger partial charge in [-0.15, -0.1) is 0 Å². The van der Waals surface area contributed by atoms with Crippen LogP contribution in [-0.2, 0) is 10.9 Å². The van der Waals surface area contributed by atoms with Crippen molar-refractivity contribution < 1.29 is 4.74 Å². The highest BCUT2D eigenvalue weighted by Gasteiger charge is 2.32. The molecule has 0 aliphatic heterocycles. The van der Waals surface area contributed by atoms with E-state index in [1.807, 2.05) is 0 Å². The highest BCUT2D eigenvalue weighted by molar-refractivity contribution is 7.97. The summed E-state index contributed by atoms with van der Waals surface area (Å²) in [7, 11) is 1.51. The molecule has 1 unspecified atom stereocenters. The van der Waals surface area contributed by atoms with Crippen LogP contribution in [-0.4, -0.2) is 7.11 Å². The summed E-state index contributed by atoms with van der Waals surface area (Å²) >= 11 is 0. The van der Waals surface area contributed by atoms with Crippen LogP contribution < -0.4 is 4.74 Å². The molecular weight excluding hydrogens is 372 g/mol. The molecule has 0 saturated carbocycles. The van der Waals surface area contributed by atoms with E-state index in [1.165, 1.54) is 30.8 Å². The van der Waals surface area contributed by atoms with Gasteiger partial charge in [-0.1, -0.05) is 66.7 Å². The van der Waals surface area contributed by atoms with Gasteiger partial charge in [0.1, 0.15) is 16.6 Å². The van der Waals surface area contributed by atoms with E-state index in [0.717, 1.165) is 11.1 Å². The molecule has 0 saturated heterocycles. The molecule has 5 rings (SSSR count). The van der Waals surface area contributed by atoms with E-state index in [-0.39, 0.29) is 10.9 Å². The maximum Gasteiger partial charge on any atom is 0.174 e. The molecule has 0 aliphatic carbocycles. The standard InChI is InChI=1S/C27H21OS/c1-28-25-18-19-27(24-16-8-7-15-23(24)25)29(21-12-3-2-4-13-21)26-17-9-11-20-10-5-6-14-22(20)26/h2-19H,1H3/q+1. The topological polar surface area (TPSA) is 9.23 Å². The van der Waals surface area contributed by atoms with Gasteiger partial charge in [0, 0.05) is 16.2 Å². The van der Waals surface area contributed by atoms with Gasteiger partial charge in [0.15, 0.2) is 14.7 Å². The first-order valence-electron chi connectivity index (χ1n) is 9.69. The van der Waals surface area contributed by atoms with Crippen LogP contribution in [0.5, 0.6) is 5.75 Å². The zero-order chi connectivity index (χ0) is 19.6. The number of benzene rings is 5. The molecule has 140 valence electrons. The molecule has 0 heterocycles. The summed E-state index contributed by atoms with van der Waals surface area (Å²) in [6.45, 7) is 0. The van der Waals surface area contributed by atoms with Crippen LogP contribution in [0.4, 0.5) is 0 Å². The third kappa shape index (κ3) is 3.16. The molecule has 0 aromatic heterocycles. The maximum absolute atomic E-state index is 5.65. The van der Waals surface area contributed by atoms with Gasteiger partial charge in [0.05, 0.1) is 7.11 Å². The summed E-state index contributed by atoms with van der Waals surface area (Å²) in [4.78, 5) is 3.99. The van der Waals surface area contributed by atoms with Crippen molar-refractivity contribution in [2.24, 2.45) is 0 Å². The zero-order valence-electron chi connectivity index (χ0n) is 16.2. The molecule has 0 aliphatic rings. The second-order valence-electron chi connectivity index (χ2n) is 6.91. The lowest BCUT2D eigenvalue weighted by atomic mass is 10.1. The third-order valence-corrected chi connectivity index (χ3v) is 7.57. The summed E-state index contributed by atoms with van der Waals surface area (Å²) in [5.74, 6) is 0.916. The van der Waals surface area contributed by atoms with E-state index < -0.39 is 0 Å². The number of methoxy groups -OCH3 is 1. The molecule has 1 nitrogen and oxygen atoms in total. The number of fused-ring (bicyclic) bond motifs is 2. The quantitative estimate of drug-likeness (QED) is 0.296. The Balaban J connectivity index is 1.85. The molecule has 0 spiro atoms. The molecule has 5 aromatic carbocycles. The van der Waals surface area contributed by atoms with Crippen molar-refractivity contribution in [3.8, 4) is 5.75 Å². The minimum atomic E-state index is -0.230. The van der Waals surface area contributed by atoms with Crippen LogP contribution in [0.2, 0.25) is 0 Å². The lowest BCUT2D eigenvalue weighted by molar-refractivity contribution is 0.419. The fourth-order valence-electron chi connectivity index (χ4n) is 3.90. The number of ether oxygens (including phenoxy) is 1. The fraction of sp³-hybridized carbons (Fsp3) is 0.0370. The Hall–Kier alpha value is -3.23. The van der Waals surface area contributed by atoms with Crippen molar-refractivity contribution in [1.82, 2.24) is 0 Å². The fourth-order valence-corrected chi connectivity index (χ4v) is 6.30. The SMILES string of the molecule is COc1ccc([S+](c2ccccc2)c2cccc3ccccc23)c2ccccc12. The van der Waals surface area contributed by atoms with Gasteiger partial charge >= 0.3 is 0 Å². The first kappa shape index (κ1) is 17.8. The second-order valence-corrected chi connectivity index (χ2v) is 8.87. The molecule has 0 fully saturated rings. The van der Waals surface area contributed by atoms with Crippen molar-refractivity contribution in [3.63, 3.8) is 0 Å². The highest BCUT2D eigenvalue weighted by atomic mass is 32.2. The Bertz CT molecular complexity index is 1290. The Morgan fingerprint density at radius 1 is 0.517 bits per heavy atom. The monoisotopic (exact) mass is 393 g/mol. The molecule has 0 radical (unpaired) electrons. The van der Waals surface area contributed by atoms with Crippen LogP contribution in [0.1, 0.15) is 0 Å². The second kappa shape index (κ2) is 7.65. The van der Waals surface area contributed by atoms with Gasteiger partial charge in [0.2, 0.25) is 0 Å². The van der Waals surface area contributed by atoms with E-state index in [9.17, 15) is 0 Å². The predicted molar refractivity (Wildman–Crippen MR) is 123 cm³/mol. The molecule has 0 bridgehead atoms. The molecule has 0 N–H and O–H groups in total. The van der Waals surface area contributed by atoms with Crippen molar-refractivity contribution in [3.05, 3.63) is 109 Å². The van der Waals surface area contributed by atoms with Gasteiger partial charge in [-0.2, -0.15) is 0 Å². The van der Waals surface area contributed by atoms with Gasteiger partial charge in [-0.3, -0.25) is 0 Å². The summed E-state index contributed by atoms with van der Waals surface area (Å²) in [5, 5.41) is 4.98. The number of hydrogen-bond acceptors (Lipinski definition) is 1. The Labute approximate surface area is 173 Å². The average Bonchev–Trinajstić information content (AvgIpc) is 2.80. The molecular formula is C27H21OS+. The van der Waals surface area contributed by atoms with E-state index in [2.05, 4.69) is 109 Å². The van der Waals surface area contributed by atoms with Crippen LogP contribution in [0, 0.1) is 0 Å². The average molecular weight is 394 g/mol. The van der Waals surface area contributed by atoms with Gasteiger partial charge < -0.3 is 4.74 Å². The van der Waals surface area contributed by atoms with E-state index in [4.69, 9.17) is 4.74 Å². The van der Waals surface area contributed by atoms with Crippen LogP contribution >= 0.6 is 0 Å². The Kier molecular flexibility index (Phi) is 4.71. The number of rotatable bonds is 4. The van der Waals surface area contributed by atoms with Crippen molar-refractivity contribution in [2.75, 3.05) is 7.11 Å². The predicted octanol–water partition coefficient (Wildman–Crippen LogP) is 7.10. The lowest BCUT2D eigenvalue weighted by Crippen LogP contribution is -2.06. The molecule has 29 heavy (non-hydrogen) atoms. The lowest BCUT2D eigenvalue weighted by Gasteiger charge is -2.14. The largest absolute Gasteiger partial charge is 0.496 e. The minimum absolute atomic E-state index is 0.230. The van der Waals surface area contributed by atoms with Crippen molar-refractivity contribution >= 4 is 32.4 Å². The first-order valence-corrected chi connectivity index (χ1v) is 10.9. The molecule has 2 heteroatoms. The van der Waals surface area contributed by atoms with Crippen LogP contribution in [0.3, 0.4) is 0 Å². The Morgan fingerprint density at radius 3 is 1.93 bits per heavy atom.